The highest BCUT2D eigenvalue weighted by atomic mass is 35.5. The predicted molar refractivity (Wildman–Crippen MR) is 102 cm³/mol. The summed E-state index contributed by atoms with van der Waals surface area (Å²) in [6, 6.07) is 12.8. The molecule has 2 rings (SSSR count). The van der Waals surface area contributed by atoms with E-state index in [0.29, 0.717) is 28.7 Å². The molecule has 2 amide bonds. The van der Waals surface area contributed by atoms with Crippen LogP contribution in [0.1, 0.15) is 18.1 Å². The second kappa shape index (κ2) is 8.88. The summed E-state index contributed by atoms with van der Waals surface area (Å²) in [7, 11) is 0. The Kier molecular flexibility index (Phi) is 6.85. The highest BCUT2D eigenvalue weighted by Crippen LogP contribution is 2.26. The van der Waals surface area contributed by atoms with E-state index < -0.39 is 0 Å². The van der Waals surface area contributed by atoms with Crippen molar-refractivity contribution in [3.63, 3.8) is 0 Å². The van der Waals surface area contributed by atoms with Gasteiger partial charge in [0, 0.05) is 29.2 Å². The zero-order valence-electron chi connectivity index (χ0n) is 14.2. The van der Waals surface area contributed by atoms with Crippen LogP contribution in [0.5, 0.6) is 0 Å². The van der Waals surface area contributed by atoms with Gasteiger partial charge in [-0.15, -0.1) is 0 Å². The molecule has 0 spiro atoms. The van der Waals surface area contributed by atoms with Gasteiger partial charge in [-0.1, -0.05) is 41.4 Å². The summed E-state index contributed by atoms with van der Waals surface area (Å²) in [6.45, 7) is 3.68. The summed E-state index contributed by atoms with van der Waals surface area (Å²) in [4.78, 5) is 25.6. The van der Waals surface area contributed by atoms with Gasteiger partial charge >= 0.3 is 0 Å². The standard InChI is InChI=1S/C19H20Cl2N2O2/c1-13-17(21)7-4-8-18(13)23(14(2)24)12-19(25)22-10-9-15-5-3-6-16(20)11-15/h3-8,11H,9-10,12H2,1-2H3,(H,22,25). The fraction of sp³-hybridized carbons (Fsp3) is 0.263. The number of amides is 2. The summed E-state index contributed by atoms with van der Waals surface area (Å²) in [5.41, 5.74) is 2.46. The molecule has 0 aliphatic heterocycles. The predicted octanol–water partition coefficient (Wildman–Crippen LogP) is 4.01. The lowest BCUT2D eigenvalue weighted by Crippen LogP contribution is -2.40. The first-order chi connectivity index (χ1) is 11.9. The number of benzene rings is 2. The van der Waals surface area contributed by atoms with E-state index in [2.05, 4.69) is 5.32 Å². The maximum Gasteiger partial charge on any atom is 0.240 e. The Morgan fingerprint density at radius 1 is 1.12 bits per heavy atom. The molecule has 6 heteroatoms. The van der Waals surface area contributed by atoms with Crippen LogP contribution in [-0.2, 0) is 16.0 Å². The maximum atomic E-state index is 12.2. The number of rotatable bonds is 6. The summed E-state index contributed by atoms with van der Waals surface area (Å²) in [5.74, 6) is -0.438. The second-order valence-corrected chi connectivity index (χ2v) is 6.56. The van der Waals surface area contributed by atoms with Gasteiger partial charge < -0.3 is 10.2 Å². The van der Waals surface area contributed by atoms with Crippen molar-refractivity contribution in [1.82, 2.24) is 5.32 Å². The van der Waals surface area contributed by atoms with E-state index in [9.17, 15) is 9.59 Å². The monoisotopic (exact) mass is 378 g/mol. The maximum absolute atomic E-state index is 12.2. The zero-order chi connectivity index (χ0) is 18.4. The Labute approximate surface area is 157 Å². The molecule has 0 aromatic heterocycles. The number of carbonyl (C=O) groups is 2. The Morgan fingerprint density at radius 3 is 2.52 bits per heavy atom. The van der Waals surface area contributed by atoms with E-state index >= 15 is 0 Å². The molecule has 0 atom stereocenters. The van der Waals surface area contributed by atoms with E-state index in [-0.39, 0.29) is 18.4 Å². The molecule has 0 bridgehead atoms. The van der Waals surface area contributed by atoms with Gasteiger partial charge in [-0.25, -0.2) is 0 Å². The second-order valence-electron chi connectivity index (χ2n) is 5.72. The third-order valence-electron chi connectivity index (χ3n) is 3.84. The number of nitrogens with one attached hydrogen (secondary N) is 1. The number of nitrogens with zero attached hydrogens (tertiary/aromatic N) is 1. The largest absolute Gasteiger partial charge is 0.354 e. The fourth-order valence-corrected chi connectivity index (χ4v) is 2.88. The molecule has 4 nitrogen and oxygen atoms in total. The van der Waals surface area contributed by atoms with Gasteiger partial charge in [0.15, 0.2) is 0 Å². The van der Waals surface area contributed by atoms with Crippen molar-refractivity contribution in [3.8, 4) is 0 Å². The van der Waals surface area contributed by atoms with Gasteiger partial charge in [0.1, 0.15) is 6.54 Å². The minimum Gasteiger partial charge on any atom is -0.354 e. The lowest BCUT2D eigenvalue weighted by molar-refractivity contribution is -0.123. The number of halogens is 2. The highest BCUT2D eigenvalue weighted by Gasteiger charge is 2.18. The van der Waals surface area contributed by atoms with Crippen LogP contribution in [0.2, 0.25) is 10.0 Å². The average Bonchev–Trinajstić information content (AvgIpc) is 2.55. The smallest absolute Gasteiger partial charge is 0.240 e. The zero-order valence-corrected chi connectivity index (χ0v) is 15.7. The molecule has 25 heavy (non-hydrogen) atoms. The van der Waals surface area contributed by atoms with Gasteiger partial charge in [-0.3, -0.25) is 9.59 Å². The van der Waals surface area contributed by atoms with Crippen molar-refractivity contribution < 1.29 is 9.59 Å². The summed E-state index contributed by atoms with van der Waals surface area (Å²) < 4.78 is 0. The molecular weight excluding hydrogens is 359 g/mol. The van der Waals surface area contributed by atoms with Gasteiger partial charge in [0.05, 0.1) is 0 Å². The first kappa shape index (κ1) is 19.3. The molecule has 0 saturated heterocycles. The lowest BCUT2D eigenvalue weighted by Gasteiger charge is -2.23. The summed E-state index contributed by atoms with van der Waals surface area (Å²) in [6.07, 6.45) is 0.669. The molecule has 0 radical (unpaired) electrons. The van der Waals surface area contributed by atoms with Crippen molar-refractivity contribution in [2.24, 2.45) is 0 Å². The Morgan fingerprint density at radius 2 is 1.84 bits per heavy atom. The van der Waals surface area contributed by atoms with E-state index in [1.807, 2.05) is 31.2 Å². The molecule has 0 aliphatic rings. The van der Waals surface area contributed by atoms with Crippen LogP contribution in [0.3, 0.4) is 0 Å². The molecule has 0 heterocycles. The van der Waals surface area contributed by atoms with E-state index in [0.717, 1.165) is 11.1 Å². The van der Waals surface area contributed by atoms with Crippen LogP contribution in [0.4, 0.5) is 5.69 Å². The van der Waals surface area contributed by atoms with Crippen molar-refractivity contribution in [3.05, 3.63) is 63.6 Å². The Hall–Kier alpha value is -2.04. The van der Waals surface area contributed by atoms with Crippen molar-refractivity contribution in [2.75, 3.05) is 18.0 Å². The molecule has 0 aliphatic carbocycles. The summed E-state index contributed by atoms with van der Waals surface area (Å²) >= 11 is 12.1. The van der Waals surface area contributed by atoms with Gasteiger partial charge in [-0.05, 0) is 48.7 Å². The van der Waals surface area contributed by atoms with E-state index in [4.69, 9.17) is 23.2 Å². The number of carbonyl (C=O) groups excluding carboxylic acids is 2. The van der Waals surface area contributed by atoms with Crippen molar-refractivity contribution in [1.29, 1.82) is 0 Å². The molecule has 2 aromatic carbocycles. The van der Waals surface area contributed by atoms with Crippen LogP contribution in [0, 0.1) is 6.92 Å². The molecule has 132 valence electrons. The quantitative estimate of drug-likeness (QED) is 0.825. The fourth-order valence-electron chi connectivity index (χ4n) is 2.49. The third kappa shape index (κ3) is 5.48. The van der Waals surface area contributed by atoms with Gasteiger partial charge in [-0.2, -0.15) is 0 Å². The van der Waals surface area contributed by atoms with Gasteiger partial charge in [0.2, 0.25) is 11.8 Å². The Bertz CT molecular complexity index is 778. The number of anilines is 1. The van der Waals surface area contributed by atoms with Crippen LogP contribution >= 0.6 is 23.2 Å². The number of hydrogen-bond acceptors (Lipinski definition) is 2. The molecule has 2 aromatic rings. The van der Waals surface area contributed by atoms with Crippen LogP contribution in [0.25, 0.3) is 0 Å². The minimum absolute atomic E-state index is 0.0495. The van der Waals surface area contributed by atoms with Crippen molar-refractivity contribution >= 4 is 40.7 Å². The normalized spacial score (nSPS) is 10.4. The highest BCUT2D eigenvalue weighted by molar-refractivity contribution is 6.31. The molecule has 0 saturated carbocycles. The third-order valence-corrected chi connectivity index (χ3v) is 4.48. The molecule has 0 fully saturated rings. The van der Waals surface area contributed by atoms with Crippen molar-refractivity contribution in [2.45, 2.75) is 20.3 Å². The average molecular weight is 379 g/mol. The first-order valence-electron chi connectivity index (χ1n) is 7.93. The Balaban J connectivity index is 1.96. The SMILES string of the molecule is CC(=O)N(CC(=O)NCCc1cccc(Cl)c1)c1cccc(Cl)c1C. The first-order valence-corrected chi connectivity index (χ1v) is 8.68. The van der Waals surface area contributed by atoms with E-state index in [1.165, 1.54) is 11.8 Å². The topological polar surface area (TPSA) is 49.4 Å². The van der Waals surface area contributed by atoms with E-state index in [1.54, 1.807) is 18.2 Å². The molecule has 0 unspecified atom stereocenters. The molecular formula is C19H20Cl2N2O2. The summed E-state index contributed by atoms with van der Waals surface area (Å²) in [5, 5.41) is 4.06. The van der Waals surface area contributed by atoms with Crippen LogP contribution in [-0.4, -0.2) is 24.9 Å². The van der Waals surface area contributed by atoms with Gasteiger partial charge in [0.25, 0.3) is 0 Å². The number of hydrogen-bond donors (Lipinski definition) is 1. The van der Waals surface area contributed by atoms with Crippen LogP contribution < -0.4 is 10.2 Å². The lowest BCUT2D eigenvalue weighted by atomic mass is 10.1. The minimum atomic E-state index is -0.225. The van der Waals surface area contributed by atoms with Crippen LogP contribution in [0.15, 0.2) is 42.5 Å². The molecule has 1 N–H and O–H groups in total.